The molecule has 1 aromatic carbocycles. The summed E-state index contributed by atoms with van der Waals surface area (Å²) in [5, 5.41) is 0.664. The molecule has 3 nitrogen and oxygen atoms in total. The lowest BCUT2D eigenvalue weighted by Crippen LogP contribution is -2.39. The summed E-state index contributed by atoms with van der Waals surface area (Å²) in [6.45, 7) is 2.89. The van der Waals surface area contributed by atoms with Crippen LogP contribution >= 0.6 is 11.8 Å². The van der Waals surface area contributed by atoms with E-state index >= 15 is 0 Å². The van der Waals surface area contributed by atoms with E-state index in [9.17, 15) is 4.79 Å². The summed E-state index contributed by atoms with van der Waals surface area (Å²) in [5.41, 5.74) is 1.81. The van der Waals surface area contributed by atoms with E-state index in [0.717, 1.165) is 29.2 Å². The Morgan fingerprint density at radius 1 is 1.50 bits per heavy atom. The van der Waals surface area contributed by atoms with E-state index in [1.807, 2.05) is 36.9 Å². The van der Waals surface area contributed by atoms with E-state index in [-0.39, 0.29) is 5.91 Å². The smallest absolute Gasteiger partial charge is 0.254 e. The van der Waals surface area contributed by atoms with Crippen LogP contribution < -0.4 is 4.74 Å². The van der Waals surface area contributed by atoms with Gasteiger partial charge in [-0.3, -0.25) is 4.79 Å². The molecule has 0 aromatic heterocycles. The Bertz CT molecular complexity index is 489. The van der Waals surface area contributed by atoms with Crippen LogP contribution in [-0.2, 0) is 0 Å². The lowest BCUT2D eigenvalue weighted by Gasteiger charge is -2.27. The van der Waals surface area contributed by atoms with Crippen molar-refractivity contribution in [1.82, 2.24) is 4.90 Å². The van der Waals surface area contributed by atoms with Gasteiger partial charge in [-0.05, 0) is 37.1 Å². The maximum atomic E-state index is 12.5. The summed E-state index contributed by atoms with van der Waals surface area (Å²) in [4.78, 5) is 14.6. The van der Waals surface area contributed by atoms with E-state index in [1.165, 1.54) is 6.42 Å². The minimum Gasteiger partial charge on any atom is -0.497 e. The number of thioether (sulfide) groups is 1. The van der Waals surface area contributed by atoms with Crippen molar-refractivity contribution in [3.05, 3.63) is 29.3 Å². The molecule has 0 N–H and O–H groups in total. The van der Waals surface area contributed by atoms with E-state index < -0.39 is 0 Å². The second kappa shape index (κ2) is 4.50. The Morgan fingerprint density at radius 3 is 2.89 bits per heavy atom. The molecule has 96 valence electrons. The SMILES string of the molecule is COc1ccc(C(=O)N2C[C@H]3C[C@H]2CS3)c(C)c1. The number of benzene rings is 1. The predicted molar refractivity (Wildman–Crippen MR) is 73.4 cm³/mol. The van der Waals surface area contributed by atoms with Crippen molar-refractivity contribution in [3.63, 3.8) is 0 Å². The average Bonchev–Trinajstić information content (AvgIpc) is 3.00. The van der Waals surface area contributed by atoms with Crippen molar-refractivity contribution < 1.29 is 9.53 Å². The van der Waals surface area contributed by atoms with Gasteiger partial charge in [0, 0.05) is 29.2 Å². The molecule has 2 saturated heterocycles. The van der Waals surface area contributed by atoms with Gasteiger partial charge in [0.1, 0.15) is 5.75 Å². The van der Waals surface area contributed by atoms with Crippen LogP contribution in [0.25, 0.3) is 0 Å². The van der Waals surface area contributed by atoms with Crippen LogP contribution in [-0.4, -0.2) is 41.5 Å². The van der Waals surface area contributed by atoms with Crippen molar-refractivity contribution in [3.8, 4) is 5.75 Å². The maximum absolute atomic E-state index is 12.5. The topological polar surface area (TPSA) is 29.5 Å². The van der Waals surface area contributed by atoms with Gasteiger partial charge in [-0.1, -0.05) is 0 Å². The molecule has 18 heavy (non-hydrogen) atoms. The van der Waals surface area contributed by atoms with Gasteiger partial charge in [-0.15, -0.1) is 0 Å². The Hall–Kier alpha value is -1.16. The zero-order valence-electron chi connectivity index (χ0n) is 10.7. The van der Waals surface area contributed by atoms with Crippen molar-refractivity contribution in [2.24, 2.45) is 0 Å². The molecule has 1 amide bonds. The highest BCUT2D eigenvalue weighted by molar-refractivity contribution is 8.00. The largest absolute Gasteiger partial charge is 0.497 e. The average molecular weight is 263 g/mol. The van der Waals surface area contributed by atoms with E-state index in [0.29, 0.717) is 11.3 Å². The van der Waals surface area contributed by atoms with Crippen molar-refractivity contribution >= 4 is 17.7 Å². The molecule has 3 rings (SSSR count). The molecule has 0 radical (unpaired) electrons. The number of amides is 1. The molecule has 2 fully saturated rings. The Morgan fingerprint density at radius 2 is 2.33 bits per heavy atom. The number of carbonyl (C=O) groups is 1. The summed E-state index contributed by atoms with van der Waals surface area (Å²) in [5.74, 6) is 2.09. The van der Waals surface area contributed by atoms with Gasteiger partial charge in [-0.25, -0.2) is 0 Å². The number of aryl methyl sites for hydroxylation is 1. The molecule has 0 saturated carbocycles. The second-order valence-electron chi connectivity index (χ2n) is 4.98. The third kappa shape index (κ3) is 1.88. The molecule has 0 spiro atoms. The minimum atomic E-state index is 0.183. The van der Waals surface area contributed by atoms with Gasteiger partial charge in [0.25, 0.3) is 5.91 Å². The van der Waals surface area contributed by atoms with Crippen LogP contribution in [0, 0.1) is 6.92 Å². The Kier molecular flexibility index (Phi) is 2.98. The van der Waals surface area contributed by atoms with Crippen molar-refractivity contribution in [2.45, 2.75) is 24.6 Å². The number of nitrogens with zero attached hydrogens (tertiary/aromatic N) is 1. The highest BCUT2D eigenvalue weighted by Crippen LogP contribution is 2.38. The zero-order chi connectivity index (χ0) is 12.7. The molecule has 2 heterocycles. The molecule has 2 aliphatic heterocycles. The van der Waals surface area contributed by atoms with Crippen LogP contribution in [0.5, 0.6) is 5.75 Å². The van der Waals surface area contributed by atoms with Gasteiger partial charge in [0.05, 0.1) is 7.11 Å². The quantitative estimate of drug-likeness (QED) is 0.820. The van der Waals surface area contributed by atoms with Crippen LogP contribution in [0.15, 0.2) is 18.2 Å². The number of rotatable bonds is 2. The lowest BCUT2D eigenvalue weighted by atomic mass is 10.1. The molecule has 2 aliphatic rings. The third-order valence-corrected chi connectivity index (χ3v) is 5.22. The standard InChI is InChI=1S/C14H17NO2S/c1-9-5-11(17-2)3-4-13(9)14(16)15-7-12-6-10(15)8-18-12/h3-5,10,12H,6-8H2,1-2H3/t10-,12+/m0/s1. The highest BCUT2D eigenvalue weighted by atomic mass is 32.2. The fourth-order valence-corrected chi connectivity index (χ4v) is 4.24. The first kappa shape index (κ1) is 11.9. The van der Waals surface area contributed by atoms with Crippen LogP contribution in [0.1, 0.15) is 22.3 Å². The number of likely N-dealkylation sites (tertiary alicyclic amines) is 1. The lowest BCUT2D eigenvalue weighted by molar-refractivity contribution is 0.0747. The second-order valence-corrected chi connectivity index (χ2v) is 6.32. The molecular weight excluding hydrogens is 246 g/mol. The first-order valence-electron chi connectivity index (χ1n) is 6.26. The molecule has 0 unspecified atom stereocenters. The summed E-state index contributed by atoms with van der Waals surface area (Å²) < 4.78 is 5.18. The number of fused-ring (bicyclic) bond motifs is 2. The Labute approximate surface area is 111 Å². The minimum absolute atomic E-state index is 0.183. The maximum Gasteiger partial charge on any atom is 0.254 e. The van der Waals surface area contributed by atoms with Gasteiger partial charge in [-0.2, -0.15) is 11.8 Å². The van der Waals surface area contributed by atoms with Crippen molar-refractivity contribution in [1.29, 1.82) is 0 Å². The fourth-order valence-electron chi connectivity index (χ4n) is 2.81. The van der Waals surface area contributed by atoms with Crippen LogP contribution in [0.2, 0.25) is 0 Å². The first-order chi connectivity index (χ1) is 8.69. The molecule has 1 aromatic rings. The highest BCUT2D eigenvalue weighted by Gasteiger charge is 2.41. The van der Waals surface area contributed by atoms with Crippen LogP contribution in [0.4, 0.5) is 0 Å². The number of methoxy groups -OCH3 is 1. The monoisotopic (exact) mass is 263 g/mol. The first-order valence-corrected chi connectivity index (χ1v) is 7.31. The molecule has 4 heteroatoms. The molecule has 2 atom stereocenters. The third-order valence-electron chi connectivity index (χ3n) is 3.83. The summed E-state index contributed by atoms with van der Waals surface area (Å²) in [6, 6.07) is 6.13. The summed E-state index contributed by atoms with van der Waals surface area (Å²) in [6.07, 6.45) is 1.17. The molecular formula is C14H17NO2S. The number of carbonyl (C=O) groups excluding carboxylic acids is 1. The number of hydrogen-bond donors (Lipinski definition) is 0. The van der Waals surface area contributed by atoms with Gasteiger partial charge < -0.3 is 9.64 Å². The summed E-state index contributed by atoms with van der Waals surface area (Å²) in [7, 11) is 1.65. The number of ether oxygens (including phenoxy) is 1. The summed E-state index contributed by atoms with van der Waals surface area (Å²) >= 11 is 2.00. The van der Waals surface area contributed by atoms with E-state index in [1.54, 1.807) is 7.11 Å². The van der Waals surface area contributed by atoms with Gasteiger partial charge in [0.15, 0.2) is 0 Å². The van der Waals surface area contributed by atoms with Gasteiger partial charge >= 0.3 is 0 Å². The van der Waals surface area contributed by atoms with E-state index in [2.05, 4.69) is 4.90 Å². The van der Waals surface area contributed by atoms with Crippen LogP contribution in [0.3, 0.4) is 0 Å². The molecule has 0 aliphatic carbocycles. The van der Waals surface area contributed by atoms with Gasteiger partial charge in [0.2, 0.25) is 0 Å². The fraction of sp³-hybridized carbons (Fsp3) is 0.500. The predicted octanol–water partition coefficient (Wildman–Crippen LogP) is 2.33. The molecule has 2 bridgehead atoms. The number of hydrogen-bond acceptors (Lipinski definition) is 3. The zero-order valence-corrected chi connectivity index (χ0v) is 11.5. The normalized spacial score (nSPS) is 25.6. The van der Waals surface area contributed by atoms with E-state index in [4.69, 9.17) is 4.74 Å². The Balaban J connectivity index is 1.84. The van der Waals surface area contributed by atoms with Crippen molar-refractivity contribution in [2.75, 3.05) is 19.4 Å².